The lowest BCUT2D eigenvalue weighted by Gasteiger charge is -2.29. The minimum Gasteiger partial charge on any atom is -0.0804 e. The van der Waals surface area contributed by atoms with Crippen molar-refractivity contribution in [3.8, 4) is 11.1 Å². The quantitative estimate of drug-likeness (QED) is 0.295. The molecule has 0 nitrogen and oxygen atoms in total. The summed E-state index contributed by atoms with van der Waals surface area (Å²) in [6.45, 7) is 4.62. The van der Waals surface area contributed by atoms with Gasteiger partial charge < -0.3 is 0 Å². The minimum atomic E-state index is 0.780. The third kappa shape index (κ3) is 7.10. The molecule has 0 aliphatic heterocycles. The second-order valence-corrected chi connectivity index (χ2v) is 11.3. The molecule has 0 aromatic heterocycles. The van der Waals surface area contributed by atoms with Gasteiger partial charge in [0.05, 0.1) is 0 Å². The van der Waals surface area contributed by atoms with Crippen LogP contribution in [0.1, 0.15) is 127 Å². The van der Waals surface area contributed by atoms with E-state index in [2.05, 4.69) is 68.5 Å². The molecule has 1 atom stereocenters. The lowest BCUT2D eigenvalue weighted by molar-refractivity contribution is 0.302. The van der Waals surface area contributed by atoms with Gasteiger partial charge in [0.2, 0.25) is 0 Å². The van der Waals surface area contributed by atoms with Gasteiger partial charge in [-0.05, 0) is 90.5 Å². The summed E-state index contributed by atoms with van der Waals surface area (Å²) in [5.74, 6) is 2.69. The summed E-state index contributed by atoms with van der Waals surface area (Å²) in [5.41, 5.74) is 7.27. The topological polar surface area (TPSA) is 0 Å². The highest BCUT2D eigenvalue weighted by atomic mass is 14.3. The average molecular weight is 457 g/mol. The largest absolute Gasteiger partial charge is 0.0804 e. The number of hydrogen-bond donors (Lipinski definition) is 0. The number of allylic oxidation sites excluding steroid dienone is 2. The summed E-state index contributed by atoms with van der Waals surface area (Å²) < 4.78 is 0. The Morgan fingerprint density at radius 2 is 1.21 bits per heavy atom. The summed E-state index contributed by atoms with van der Waals surface area (Å²) >= 11 is 0. The third-order valence-electron chi connectivity index (χ3n) is 8.77. The fourth-order valence-electron chi connectivity index (χ4n) is 6.37. The smallest absolute Gasteiger partial charge is 0.0162 e. The molecule has 0 heteroatoms. The van der Waals surface area contributed by atoms with Crippen LogP contribution in [0.4, 0.5) is 0 Å². The monoisotopic (exact) mass is 456 g/mol. The molecule has 1 fully saturated rings. The van der Waals surface area contributed by atoms with Gasteiger partial charge in [0.1, 0.15) is 0 Å². The van der Waals surface area contributed by atoms with Gasteiger partial charge in [-0.2, -0.15) is 0 Å². The van der Waals surface area contributed by atoms with E-state index in [1.807, 2.05) is 0 Å². The van der Waals surface area contributed by atoms with E-state index in [1.165, 1.54) is 113 Å². The molecule has 0 saturated heterocycles. The minimum absolute atomic E-state index is 0.780. The Morgan fingerprint density at radius 1 is 0.588 bits per heavy atom. The molecule has 2 aromatic carbocycles. The van der Waals surface area contributed by atoms with Crippen LogP contribution in [0.2, 0.25) is 0 Å². The zero-order valence-electron chi connectivity index (χ0n) is 22.0. The summed E-state index contributed by atoms with van der Waals surface area (Å²) in [7, 11) is 0. The molecule has 0 amide bonds. The first-order valence-electron chi connectivity index (χ1n) is 14.7. The van der Waals surface area contributed by atoms with Crippen molar-refractivity contribution in [1.29, 1.82) is 0 Å². The Kier molecular flexibility index (Phi) is 9.90. The molecule has 184 valence electrons. The van der Waals surface area contributed by atoms with Gasteiger partial charge in [-0.3, -0.25) is 0 Å². The van der Waals surface area contributed by atoms with Crippen LogP contribution in [0.25, 0.3) is 16.7 Å². The van der Waals surface area contributed by atoms with E-state index in [0.29, 0.717) is 0 Å². The predicted octanol–water partition coefficient (Wildman–Crippen LogP) is 11.0. The molecule has 2 aliphatic rings. The standard InChI is InChI=1S/C34H48/c1-3-5-7-8-10-28-13-17-30(18-14-28)32-21-25-34(26-22-32)33-23-19-31(20-24-33)29-15-11-27(12-16-29)9-6-4-2/h15,19-28,30H,3-14,16-18H2,1-2H3/t27?,28-,30-. The zero-order chi connectivity index (χ0) is 23.6. The maximum atomic E-state index is 2.52. The van der Waals surface area contributed by atoms with Crippen LogP contribution >= 0.6 is 0 Å². The van der Waals surface area contributed by atoms with Crippen molar-refractivity contribution >= 4 is 5.57 Å². The number of benzene rings is 2. The van der Waals surface area contributed by atoms with Gasteiger partial charge in [0.25, 0.3) is 0 Å². The highest BCUT2D eigenvalue weighted by molar-refractivity contribution is 5.71. The Labute approximate surface area is 210 Å². The first-order chi connectivity index (χ1) is 16.8. The SMILES string of the molecule is CCCCCC[C@H]1CC[C@H](c2ccc(-c3ccc(C4=CCC(CCCC)CC4)cc3)cc2)CC1. The van der Waals surface area contributed by atoms with Crippen LogP contribution in [-0.2, 0) is 0 Å². The van der Waals surface area contributed by atoms with E-state index in [-0.39, 0.29) is 0 Å². The lowest BCUT2D eigenvalue weighted by Crippen LogP contribution is -2.13. The molecule has 0 bridgehead atoms. The highest BCUT2D eigenvalue weighted by Gasteiger charge is 2.22. The first kappa shape index (κ1) is 25.3. The van der Waals surface area contributed by atoms with Crippen LogP contribution in [0.15, 0.2) is 54.6 Å². The van der Waals surface area contributed by atoms with Crippen molar-refractivity contribution in [2.75, 3.05) is 0 Å². The van der Waals surface area contributed by atoms with Crippen molar-refractivity contribution in [2.24, 2.45) is 11.8 Å². The molecule has 0 radical (unpaired) electrons. The molecule has 2 aromatic rings. The van der Waals surface area contributed by atoms with E-state index in [1.54, 1.807) is 11.1 Å². The molecule has 0 spiro atoms. The summed E-state index contributed by atoms with van der Waals surface area (Å²) in [4.78, 5) is 0. The molecule has 2 aliphatic carbocycles. The van der Waals surface area contributed by atoms with E-state index >= 15 is 0 Å². The second-order valence-electron chi connectivity index (χ2n) is 11.3. The Hall–Kier alpha value is -1.82. The van der Waals surface area contributed by atoms with Crippen LogP contribution < -0.4 is 0 Å². The molecule has 0 N–H and O–H groups in total. The van der Waals surface area contributed by atoms with Crippen LogP contribution in [-0.4, -0.2) is 0 Å². The van der Waals surface area contributed by atoms with Crippen molar-refractivity contribution in [3.05, 3.63) is 65.7 Å². The molecule has 1 saturated carbocycles. The number of unbranched alkanes of at least 4 members (excludes halogenated alkanes) is 4. The molecular formula is C34H48. The molecule has 0 heterocycles. The summed E-state index contributed by atoms with van der Waals surface area (Å²) in [6.07, 6.45) is 23.3. The molecule has 4 rings (SSSR count). The Morgan fingerprint density at radius 3 is 1.82 bits per heavy atom. The highest BCUT2D eigenvalue weighted by Crippen LogP contribution is 2.38. The maximum absolute atomic E-state index is 2.52. The van der Waals surface area contributed by atoms with Gasteiger partial charge in [0, 0.05) is 0 Å². The van der Waals surface area contributed by atoms with Crippen molar-refractivity contribution < 1.29 is 0 Å². The lowest BCUT2D eigenvalue weighted by atomic mass is 9.77. The number of hydrogen-bond acceptors (Lipinski definition) is 0. The van der Waals surface area contributed by atoms with E-state index < -0.39 is 0 Å². The summed E-state index contributed by atoms with van der Waals surface area (Å²) in [5, 5.41) is 0. The predicted molar refractivity (Wildman–Crippen MR) is 150 cm³/mol. The van der Waals surface area contributed by atoms with Gasteiger partial charge in [-0.25, -0.2) is 0 Å². The fourth-order valence-corrected chi connectivity index (χ4v) is 6.37. The van der Waals surface area contributed by atoms with Gasteiger partial charge in [-0.1, -0.05) is 120 Å². The van der Waals surface area contributed by atoms with E-state index in [4.69, 9.17) is 0 Å². The van der Waals surface area contributed by atoms with Crippen molar-refractivity contribution in [2.45, 2.75) is 116 Å². The van der Waals surface area contributed by atoms with Gasteiger partial charge >= 0.3 is 0 Å². The van der Waals surface area contributed by atoms with Crippen LogP contribution in [0.3, 0.4) is 0 Å². The first-order valence-corrected chi connectivity index (χ1v) is 14.7. The van der Waals surface area contributed by atoms with Crippen molar-refractivity contribution in [3.63, 3.8) is 0 Å². The Balaban J connectivity index is 1.28. The Bertz CT molecular complexity index is 861. The zero-order valence-corrected chi connectivity index (χ0v) is 22.0. The van der Waals surface area contributed by atoms with Crippen LogP contribution in [0.5, 0.6) is 0 Å². The van der Waals surface area contributed by atoms with Crippen molar-refractivity contribution in [1.82, 2.24) is 0 Å². The third-order valence-corrected chi connectivity index (χ3v) is 8.77. The molecule has 1 unspecified atom stereocenters. The number of rotatable bonds is 11. The second kappa shape index (κ2) is 13.3. The van der Waals surface area contributed by atoms with E-state index in [9.17, 15) is 0 Å². The van der Waals surface area contributed by atoms with E-state index in [0.717, 1.165) is 17.8 Å². The fraction of sp³-hybridized carbons (Fsp3) is 0.588. The molecule has 34 heavy (non-hydrogen) atoms. The normalized spacial score (nSPS) is 23.0. The van der Waals surface area contributed by atoms with Crippen LogP contribution in [0, 0.1) is 11.8 Å². The average Bonchev–Trinajstić information content (AvgIpc) is 2.91. The summed E-state index contributed by atoms with van der Waals surface area (Å²) in [6, 6.07) is 18.9. The molecular weight excluding hydrogens is 408 g/mol. The van der Waals surface area contributed by atoms with Gasteiger partial charge in [0.15, 0.2) is 0 Å². The maximum Gasteiger partial charge on any atom is -0.0162 e. The van der Waals surface area contributed by atoms with Gasteiger partial charge in [-0.15, -0.1) is 0 Å².